The average molecular weight is 422 g/mol. The molecule has 1 amide bonds. The molecule has 6 nitrogen and oxygen atoms in total. The van der Waals surface area contributed by atoms with Gasteiger partial charge in [-0.3, -0.25) is 4.79 Å². The highest BCUT2D eigenvalue weighted by molar-refractivity contribution is 8.02. The number of aromatic nitrogens is 2. The standard InChI is InChI=1S/C18H19N3O3S3/c1-5-24-16(23)14-13-10(3)9(2)11(4)20-15(13)27-17(14)26-8-12(22)21-18-19-6-7-25-18/h6-7H,5,8H2,1-4H3,(H,19,21,22). The number of amides is 1. The number of hydrogen-bond acceptors (Lipinski definition) is 8. The maximum absolute atomic E-state index is 12.6. The summed E-state index contributed by atoms with van der Waals surface area (Å²) in [6, 6.07) is 0. The lowest BCUT2D eigenvalue weighted by atomic mass is 10.0. The summed E-state index contributed by atoms with van der Waals surface area (Å²) < 4.78 is 6.02. The minimum atomic E-state index is -0.375. The van der Waals surface area contributed by atoms with Crippen molar-refractivity contribution in [3.8, 4) is 0 Å². The van der Waals surface area contributed by atoms with Gasteiger partial charge in [0, 0.05) is 22.7 Å². The van der Waals surface area contributed by atoms with E-state index < -0.39 is 0 Å². The fourth-order valence-corrected chi connectivity index (χ4v) is 5.44. The molecule has 0 aliphatic carbocycles. The van der Waals surface area contributed by atoms with E-state index in [9.17, 15) is 9.59 Å². The predicted molar refractivity (Wildman–Crippen MR) is 111 cm³/mol. The van der Waals surface area contributed by atoms with Crippen LogP contribution in [0.5, 0.6) is 0 Å². The Morgan fingerprint density at radius 1 is 1.26 bits per heavy atom. The molecule has 3 rings (SSSR count). The maximum Gasteiger partial charge on any atom is 0.340 e. The van der Waals surface area contributed by atoms with Crippen LogP contribution in [0.25, 0.3) is 10.2 Å². The van der Waals surface area contributed by atoms with Gasteiger partial charge in [-0.15, -0.1) is 34.4 Å². The second-order valence-corrected chi connectivity index (χ2v) is 8.92. The van der Waals surface area contributed by atoms with Crippen LogP contribution < -0.4 is 5.32 Å². The molecular formula is C18H19N3O3S3. The molecule has 1 N–H and O–H groups in total. The molecular weight excluding hydrogens is 402 g/mol. The Kier molecular flexibility index (Phi) is 6.13. The first-order chi connectivity index (χ1) is 12.9. The van der Waals surface area contributed by atoms with Crippen LogP contribution in [0.1, 0.15) is 34.1 Å². The number of fused-ring (bicyclic) bond motifs is 1. The zero-order chi connectivity index (χ0) is 19.6. The Hall–Kier alpha value is -1.97. The fraction of sp³-hybridized carbons (Fsp3) is 0.333. The minimum absolute atomic E-state index is 0.167. The molecule has 0 atom stereocenters. The average Bonchev–Trinajstić information content (AvgIpc) is 3.25. The van der Waals surface area contributed by atoms with Crippen molar-refractivity contribution in [2.45, 2.75) is 31.9 Å². The molecule has 0 aliphatic heterocycles. The second kappa shape index (κ2) is 8.37. The van der Waals surface area contributed by atoms with Gasteiger partial charge in [0.1, 0.15) is 4.83 Å². The molecule has 0 fully saturated rings. The number of pyridine rings is 1. The summed E-state index contributed by atoms with van der Waals surface area (Å²) in [6.07, 6.45) is 1.64. The molecule has 0 radical (unpaired) electrons. The minimum Gasteiger partial charge on any atom is -0.462 e. The summed E-state index contributed by atoms with van der Waals surface area (Å²) in [5.41, 5.74) is 3.53. The molecule has 0 aliphatic rings. The first kappa shape index (κ1) is 19.8. The number of thiazole rings is 1. The Labute approximate surface area is 169 Å². The van der Waals surface area contributed by atoms with Crippen molar-refractivity contribution in [2.75, 3.05) is 17.7 Å². The topological polar surface area (TPSA) is 81.2 Å². The molecule has 3 heterocycles. The van der Waals surface area contributed by atoms with Gasteiger partial charge in [0.05, 0.1) is 22.1 Å². The van der Waals surface area contributed by atoms with Crippen molar-refractivity contribution in [3.05, 3.63) is 34.0 Å². The van der Waals surface area contributed by atoms with Gasteiger partial charge in [-0.05, 0) is 38.8 Å². The van der Waals surface area contributed by atoms with E-state index in [-0.39, 0.29) is 17.6 Å². The summed E-state index contributed by atoms with van der Waals surface area (Å²) in [7, 11) is 0. The third kappa shape index (κ3) is 4.15. The van der Waals surface area contributed by atoms with Gasteiger partial charge in [-0.1, -0.05) is 0 Å². The van der Waals surface area contributed by atoms with Crippen LogP contribution >= 0.6 is 34.4 Å². The highest BCUT2D eigenvalue weighted by atomic mass is 32.2. The molecule has 0 spiro atoms. The fourth-order valence-electron chi connectivity index (χ4n) is 2.58. The number of aryl methyl sites for hydroxylation is 2. The van der Waals surface area contributed by atoms with E-state index in [1.54, 1.807) is 18.5 Å². The summed E-state index contributed by atoms with van der Waals surface area (Å²) >= 11 is 4.11. The lowest BCUT2D eigenvalue weighted by molar-refractivity contribution is -0.113. The van der Waals surface area contributed by atoms with Crippen molar-refractivity contribution in [2.24, 2.45) is 0 Å². The zero-order valence-electron chi connectivity index (χ0n) is 15.4. The molecule has 0 bridgehead atoms. The Morgan fingerprint density at radius 3 is 2.70 bits per heavy atom. The summed E-state index contributed by atoms with van der Waals surface area (Å²) in [6.45, 7) is 8.02. The third-order valence-electron chi connectivity index (χ3n) is 4.10. The molecule has 0 saturated heterocycles. The lowest BCUT2D eigenvalue weighted by Gasteiger charge is -2.08. The number of thioether (sulfide) groups is 1. The Morgan fingerprint density at radius 2 is 2.04 bits per heavy atom. The number of carbonyl (C=O) groups excluding carboxylic acids is 2. The number of ether oxygens (including phenoxy) is 1. The maximum atomic E-state index is 12.6. The largest absolute Gasteiger partial charge is 0.462 e. The number of rotatable bonds is 6. The van der Waals surface area contributed by atoms with Gasteiger partial charge in [-0.25, -0.2) is 14.8 Å². The molecule has 0 unspecified atom stereocenters. The molecule has 142 valence electrons. The predicted octanol–water partition coefficient (Wildman–Crippen LogP) is 4.59. The van der Waals surface area contributed by atoms with Crippen molar-refractivity contribution in [1.29, 1.82) is 0 Å². The molecule has 9 heteroatoms. The number of thiophene rings is 1. The quantitative estimate of drug-likeness (QED) is 0.463. The third-order valence-corrected chi connectivity index (χ3v) is 7.14. The molecule has 0 aromatic carbocycles. The first-order valence-corrected chi connectivity index (χ1v) is 11.0. The normalized spacial score (nSPS) is 11.0. The SMILES string of the molecule is CCOC(=O)c1c(SCC(=O)Nc2nccs2)sc2nc(C)c(C)c(C)c12. The molecule has 3 aromatic rings. The van der Waals surface area contributed by atoms with Crippen LogP contribution in [0.3, 0.4) is 0 Å². The van der Waals surface area contributed by atoms with Crippen LogP contribution in [0.15, 0.2) is 15.8 Å². The number of anilines is 1. The number of nitrogens with one attached hydrogen (secondary N) is 1. The number of esters is 1. The van der Waals surface area contributed by atoms with E-state index >= 15 is 0 Å². The number of carbonyl (C=O) groups is 2. The number of nitrogens with zero attached hydrogens (tertiary/aromatic N) is 2. The highest BCUT2D eigenvalue weighted by Gasteiger charge is 2.24. The Bertz CT molecular complexity index is 997. The smallest absolute Gasteiger partial charge is 0.340 e. The van der Waals surface area contributed by atoms with Gasteiger partial charge in [0.2, 0.25) is 5.91 Å². The highest BCUT2D eigenvalue weighted by Crippen LogP contribution is 2.40. The number of hydrogen-bond donors (Lipinski definition) is 1. The van der Waals surface area contributed by atoms with Crippen LogP contribution in [0, 0.1) is 20.8 Å². The van der Waals surface area contributed by atoms with E-state index in [1.807, 2.05) is 20.8 Å². The Balaban J connectivity index is 1.93. The first-order valence-electron chi connectivity index (χ1n) is 8.31. The van der Waals surface area contributed by atoms with Crippen molar-refractivity contribution < 1.29 is 14.3 Å². The van der Waals surface area contributed by atoms with Gasteiger partial charge in [0.15, 0.2) is 5.13 Å². The van der Waals surface area contributed by atoms with Crippen molar-refractivity contribution in [3.63, 3.8) is 0 Å². The van der Waals surface area contributed by atoms with Crippen LogP contribution in [-0.4, -0.2) is 34.2 Å². The summed E-state index contributed by atoms with van der Waals surface area (Å²) in [5.74, 6) is -0.366. The van der Waals surface area contributed by atoms with Crippen molar-refractivity contribution in [1.82, 2.24) is 9.97 Å². The van der Waals surface area contributed by atoms with E-state index in [1.165, 1.54) is 34.4 Å². The lowest BCUT2D eigenvalue weighted by Crippen LogP contribution is -2.14. The van der Waals surface area contributed by atoms with E-state index in [0.29, 0.717) is 17.3 Å². The van der Waals surface area contributed by atoms with Crippen LogP contribution in [0.2, 0.25) is 0 Å². The van der Waals surface area contributed by atoms with Gasteiger partial charge in [-0.2, -0.15) is 0 Å². The molecule has 0 saturated carbocycles. The molecule has 27 heavy (non-hydrogen) atoms. The van der Waals surface area contributed by atoms with Crippen LogP contribution in [-0.2, 0) is 9.53 Å². The van der Waals surface area contributed by atoms with E-state index in [0.717, 1.165) is 31.2 Å². The van der Waals surface area contributed by atoms with Gasteiger partial charge < -0.3 is 10.1 Å². The van der Waals surface area contributed by atoms with E-state index in [4.69, 9.17) is 4.74 Å². The summed E-state index contributed by atoms with van der Waals surface area (Å²) in [4.78, 5) is 34.3. The zero-order valence-corrected chi connectivity index (χ0v) is 17.9. The molecule has 3 aromatic heterocycles. The van der Waals surface area contributed by atoms with E-state index in [2.05, 4.69) is 15.3 Å². The monoisotopic (exact) mass is 421 g/mol. The second-order valence-electron chi connectivity index (χ2n) is 5.79. The summed E-state index contributed by atoms with van der Waals surface area (Å²) in [5, 5.41) is 5.93. The van der Waals surface area contributed by atoms with Gasteiger partial charge >= 0.3 is 5.97 Å². The van der Waals surface area contributed by atoms with Crippen LogP contribution in [0.4, 0.5) is 5.13 Å². The van der Waals surface area contributed by atoms with Gasteiger partial charge in [0.25, 0.3) is 0 Å². The van der Waals surface area contributed by atoms with Crippen molar-refractivity contribution >= 4 is 61.7 Å².